The first kappa shape index (κ1) is 10.9. The Morgan fingerprint density at radius 2 is 1.91 bits per heavy atom. The quantitative estimate of drug-likeness (QED) is 0.573. The van der Waals surface area contributed by atoms with Gasteiger partial charge in [-0.2, -0.15) is 0 Å². The summed E-state index contributed by atoms with van der Waals surface area (Å²) in [7, 11) is 0. The van der Waals surface area contributed by atoms with Crippen molar-refractivity contribution in [3.05, 3.63) is 6.61 Å². The summed E-state index contributed by atoms with van der Waals surface area (Å²) in [5.74, 6) is 0. The molecule has 0 heterocycles. The van der Waals surface area contributed by atoms with Gasteiger partial charge in [-0.3, -0.25) is 0 Å². The van der Waals surface area contributed by atoms with E-state index in [9.17, 15) is 0 Å². The smallest absolute Gasteiger partial charge is 0.109 e. The maximum atomic E-state index is 5.40. The Kier molecular flexibility index (Phi) is 5.51. The van der Waals surface area contributed by atoms with Crippen molar-refractivity contribution in [2.75, 3.05) is 13.2 Å². The minimum absolute atomic E-state index is 0.0634. The normalized spacial score (nSPS) is 12.0. The first-order valence-corrected chi connectivity index (χ1v) is 4.13. The van der Waals surface area contributed by atoms with E-state index in [1.807, 2.05) is 20.8 Å². The Morgan fingerprint density at radius 3 is 2.36 bits per heavy atom. The maximum Gasteiger partial charge on any atom is 0.109 e. The Morgan fingerprint density at radius 1 is 1.27 bits per heavy atom. The van der Waals surface area contributed by atoms with E-state index in [0.29, 0.717) is 6.61 Å². The molecule has 0 saturated carbocycles. The van der Waals surface area contributed by atoms with Crippen molar-refractivity contribution >= 4 is 0 Å². The lowest BCUT2D eigenvalue weighted by atomic mass is 10.2. The molecule has 0 saturated heterocycles. The van der Waals surface area contributed by atoms with E-state index in [2.05, 4.69) is 6.92 Å². The first-order chi connectivity index (χ1) is 5.06. The van der Waals surface area contributed by atoms with Crippen LogP contribution in [-0.4, -0.2) is 18.8 Å². The van der Waals surface area contributed by atoms with Crippen LogP contribution in [-0.2, 0) is 9.47 Å². The van der Waals surface area contributed by atoms with Gasteiger partial charge in [-0.15, -0.1) is 0 Å². The topological polar surface area (TPSA) is 18.5 Å². The fraction of sp³-hybridized carbons (Fsp3) is 0.889. The molecule has 1 radical (unpaired) electrons. The van der Waals surface area contributed by atoms with Gasteiger partial charge in [-0.1, -0.05) is 6.92 Å². The summed E-state index contributed by atoms with van der Waals surface area (Å²) >= 11 is 0. The van der Waals surface area contributed by atoms with Crippen molar-refractivity contribution in [1.29, 1.82) is 0 Å². The van der Waals surface area contributed by atoms with Crippen LogP contribution in [0.4, 0.5) is 0 Å². The second-order valence-corrected chi connectivity index (χ2v) is 3.46. The molecule has 0 amide bonds. The standard InChI is InChI=1S/C9H19O2/c1-5-6-10-7-8-11-9(2,3)4/h7H,5-6,8H2,1-4H3. The molecule has 0 fully saturated rings. The third kappa shape index (κ3) is 9.92. The molecule has 0 aromatic rings. The average Bonchev–Trinajstić information content (AvgIpc) is 1.85. The predicted molar refractivity (Wildman–Crippen MR) is 46.2 cm³/mol. The molecule has 67 valence electrons. The van der Waals surface area contributed by atoms with Gasteiger partial charge in [0.2, 0.25) is 0 Å². The van der Waals surface area contributed by atoms with Crippen LogP contribution in [0.25, 0.3) is 0 Å². The Hall–Kier alpha value is -0.0800. The van der Waals surface area contributed by atoms with Gasteiger partial charge in [0.25, 0.3) is 0 Å². The molecular formula is C9H19O2. The van der Waals surface area contributed by atoms with Crippen LogP contribution in [0.1, 0.15) is 34.1 Å². The molecular weight excluding hydrogens is 140 g/mol. The Labute approximate surface area is 69.9 Å². The minimum Gasteiger partial charge on any atom is -0.373 e. The molecule has 11 heavy (non-hydrogen) atoms. The van der Waals surface area contributed by atoms with Crippen LogP contribution in [0.2, 0.25) is 0 Å². The van der Waals surface area contributed by atoms with Crippen molar-refractivity contribution in [1.82, 2.24) is 0 Å². The fourth-order valence-corrected chi connectivity index (χ4v) is 0.533. The number of rotatable bonds is 5. The molecule has 0 aliphatic heterocycles. The number of ether oxygens (including phenoxy) is 2. The van der Waals surface area contributed by atoms with Crippen LogP contribution >= 0.6 is 0 Å². The zero-order chi connectivity index (χ0) is 8.74. The lowest BCUT2D eigenvalue weighted by Gasteiger charge is -2.18. The maximum absolute atomic E-state index is 5.40. The van der Waals surface area contributed by atoms with Crippen molar-refractivity contribution in [3.8, 4) is 0 Å². The van der Waals surface area contributed by atoms with Gasteiger partial charge in [0.15, 0.2) is 0 Å². The molecule has 0 N–H and O–H groups in total. The van der Waals surface area contributed by atoms with Crippen LogP contribution in [0.5, 0.6) is 0 Å². The van der Waals surface area contributed by atoms with Crippen molar-refractivity contribution in [2.24, 2.45) is 0 Å². The zero-order valence-electron chi connectivity index (χ0n) is 8.02. The van der Waals surface area contributed by atoms with Gasteiger partial charge >= 0.3 is 0 Å². The molecule has 0 spiro atoms. The molecule has 0 bridgehead atoms. The highest BCUT2D eigenvalue weighted by atomic mass is 16.5. The summed E-state index contributed by atoms with van der Waals surface area (Å²) in [6, 6.07) is 0. The monoisotopic (exact) mass is 159 g/mol. The van der Waals surface area contributed by atoms with Crippen LogP contribution < -0.4 is 0 Å². The van der Waals surface area contributed by atoms with Crippen molar-refractivity contribution in [2.45, 2.75) is 39.7 Å². The van der Waals surface area contributed by atoms with Crippen molar-refractivity contribution in [3.63, 3.8) is 0 Å². The second-order valence-electron chi connectivity index (χ2n) is 3.46. The summed E-state index contributed by atoms with van der Waals surface area (Å²) in [5.41, 5.74) is -0.0634. The van der Waals surface area contributed by atoms with E-state index < -0.39 is 0 Å². The molecule has 0 unspecified atom stereocenters. The molecule has 0 atom stereocenters. The predicted octanol–water partition coefficient (Wildman–Crippen LogP) is 2.39. The highest BCUT2D eigenvalue weighted by Crippen LogP contribution is 2.06. The summed E-state index contributed by atoms with van der Waals surface area (Å²) in [6.07, 6.45) is 1.05. The molecule has 0 rings (SSSR count). The zero-order valence-corrected chi connectivity index (χ0v) is 8.02. The lowest BCUT2D eigenvalue weighted by molar-refractivity contribution is -0.0131. The summed E-state index contributed by atoms with van der Waals surface area (Å²) in [5, 5.41) is 0. The SMILES string of the molecule is CCCO[CH]COC(C)(C)C. The van der Waals surface area contributed by atoms with Crippen molar-refractivity contribution < 1.29 is 9.47 Å². The Bertz CT molecular complexity index is 84.1. The second kappa shape index (κ2) is 5.56. The van der Waals surface area contributed by atoms with Crippen LogP contribution in [0.15, 0.2) is 0 Å². The largest absolute Gasteiger partial charge is 0.373 e. The summed E-state index contributed by atoms with van der Waals surface area (Å²) < 4.78 is 10.5. The highest BCUT2D eigenvalue weighted by molar-refractivity contribution is 4.60. The Balaban J connectivity index is 3.02. The third-order valence-electron chi connectivity index (χ3n) is 1.02. The van der Waals surface area contributed by atoms with Gasteiger partial charge in [0, 0.05) is 6.61 Å². The highest BCUT2D eigenvalue weighted by Gasteiger charge is 2.08. The molecule has 0 aliphatic rings. The van der Waals surface area contributed by atoms with E-state index in [4.69, 9.17) is 9.47 Å². The molecule has 0 aromatic heterocycles. The lowest BCUT2D eigenvalue weighted by Crippen LogP contribution is -2.20. The first-order valence-electron chi connectivity index (χ1n) is 4.13. The molecule has 2 nitrogen and oxygen atoms in total. The molecule has 0 aromatic carbocycles. The van der Waals surface area contributed by atoms with E-state index >= 15 is 0 Å². The van der Waals surface area contributed by atoms with Crippen LogP contribution in [0.3, 0.4) is 0 Å². The van der Waals surface area contributed by atoms with Gasteiger partial charge in [-0.05, 0) is 27.2 Å². The van der Waals surface area contributed by atoms with Crippen LogP contribution in [0, 0.1) is 6.61 Å². The fourth-order valence-electron chi connectivity index (χ4n) is 0.533. The van der Waals surface area contributed by atoms with Gasteiger partial charge < -0.3 is 9.47 Å². The van der Waals surface area contributed by atoms with Gasteiger partial charge in [0.05, 0.1) is 12.2 Å². The van der Waals surface area contributed by atoms with Gasteiger partial charge in [-0.25, -0.2) is 0 Å². The van der Waals surface area contributed by atoms with E-state index in [1.54, 1.807) is 6.61 Å². The third-order valence-corrected chi connectivity index (χ3v) is 1.02. The summed E-state index contributed by atoms with van der Waals surface area (Å²) in [4.78, 5) is 0. The number of hydrogen-bond donors (Lipinski definition) is 0. The van der Waals surface area contributed by atoms with E-state index in [0.717, 1.165) is 13.0 Å². The molecule has 0 aliphatic carbocycles. The number of hydrogen-bond acceptors (Lipinski definition) is 2. The van der Waals surface area contributed by atoms with E-state index in [-0.39, 0.29) is 5.60 Å². The summed E-state index contributed by atoms with van der Waals surface area (Å²) in [6.45, 7) is 11.2. The van der Waals surface area contributed by atoms with Gasteiger partial charge in [0.1, 0.15) is 6.61 Å². The minimum atomic E-state index is -0.0634. The average molecular weight is 159 g/mol. The molecule has 2 heteroatoms. The van der Waals surface area contributed by atoms with E-state index in [1.165, 1.54) is 0 Å².